The van der Waals surface area contributed by atoms with Crippen LogP contribution in [0, 0.1) is 0 Å². The second-order valence-corrected chi connectivity index (χ2v) is 7.43. The molecule has 0 aliphatic rings. The second-order valence-electron chi connectivity index (χ2n) is 7.43. The van der Waals surface area contributed by atoms with Gasteiger partial charge in [-0.05, 0) is 47.0 Å². The van der Waals surface area contributed by atoms with Crippen LogP contribution in [0.15, 0.2) is 0 Å². The number of carbonyl (C=O) groups is 2. The third-order valence-electron chi connectivity index (χ3n) is 4.14. The molecule has 6 heteroatoms. The summed E-state index contributed by atoms with van der Waals surface area (Å²) >= 11 is 0. The first-order chi connectivity index (χ1) is 11.4. The van der Waals surface area contributed by atoms with Gasteiger partial charge in [0.2, 0.25) is 0 Å². The summed E-state index contributed by atoms with van der Waals surface area (Å²) in [4.78, 5) is 21.6. The van der Waals surface area contributed by atoms with Gasteiger partial charge < -0.3 is 20.3 Å². The van der Waals surface area contributed by atoms with Gasteiger partial charge in [0.1, 0.15) is 19.3 Å². The molecular formula is C19H39NO5. The molecule has 0 heterocycles. The van der Waals surface area contributed by atoms with Crippen molar-refractivity contribution >= 4 is 11.8 Å². The van der Waals surface area contributed by atoms with Crippen molar-refractivity contribution in [2.24, 2.45) is 5.73 Å². The number of ether oxygens (including phenoxy) is 2. The molecule has 0 aromatic heterocycles. The Balaban J connectivity index is 0. The Kier molecular flexibility index (Phi) is 13.9. The fourth-order valence-electron chi connectivity index (χ4n) is 1.35. The molecule has 0 aromatic carbocycles. The van der Waals surface area contributed by atoms with Crippen LogP contribution in [0.1, 0.15) is 80.6 Å². The summed E-state index contributed by atoms with van der Waals surface area (Å²) in [5, 5.41) is 8.28. The molecular weight excluding hydrogens is 322 g/mol. The summed E-state index contributed by atoms with van der Waals surface area (Å²) in [6.07, 6.45) is 4.27. The number of Topliss-reactive ketones (excluding diaryl/α,β-unsaturated/α-hetero) is 1. The first kappa shape index (κ1) is 26.3. The Morgan fingerprint density at radius 1 is 0.960 bits per heavy atom. The molecule has 0 rings (SSSR count). The average molecular weight is 362 g/mol. The van der Waals surface area contributed by atoms with Crippen molar-refractivity contribution in [3.8, 4) is 0 Å². The maximum absolute atomic E-state index is 11.5. The first-order valence-corrected chi connectivity index (χ1v) is 9.18. The number of carbonyl (C=O) groups excluding carboxylic acids is 1. The quantitative estimate of drug-likeness (QED) is 0.551. The number of hydrogen-bond donors (Lipinski definition) is 2. The Hall–Kier alpha value is -0.980. The van der Waals surface area contributed by atoms with Gasteiger partial charge in [-0.1, -0.05) is 33.6 Å². The smallest absolute Gasteiger partial charge is 0.320 e. The highest BCUT2D eigenvalue weighted by atomic mass is 16.5. The van der Waals surface area contributed by atoms with E-state index in [2.05, 4.69) is 0 Å². The largest absolute Gasteiger partial charge is 0.480 e. The van der Waals surface area contributed by atoms with Crippen LogP contribution in [-0.4, -0.2) is 47.3 Å². The number of unbranched alkanes of at least 4 members (excludes halogenated alkanes) is 1. The molecule has 0 amide bonds. The molecule has 3 N–H and O–H groups in total. The summed E-state index contributed by atoms with van der Waals surface area (Å²) in [5.74, 6) is -0.897. The molecule has 0 saturated heterocycles. The summed E-state index contributed by atoms with van der Waals surface area (Å²) in [7, 11) is 0. The van der Waals surface area contributed by atoms with E-state index in [-0.39, 0.29) is 30.2 Å². The maximum atomic E-state index is 11.5. The molecule has 0 spiro atoms. The van der Waals surface area contributed by atoms with Gasteiger partial charge >= 0.3 is 5.97 Å². The topological polar surface area (TPSA) is 98.9 Å². The summed E-state index contributed by atoms with van der Waals surface area (Å²) in [6, 6.07) is -0.662. The van der Waals surface area contributed by atoms with Gasteiger partial charge in [-0.2, -0.15) is 0 Å². The fourth-order valence-corrected chi connectivity index (χ4v) is 1.35. The number of carboxylic acids is 1. The number of ketones is 1. The SMILES string of the molecule is CCC(C)(C)OCC(=O)COC(C)(C)CC.CCCC[C@H](N)C(=O)O. The van der Waals surface area contributed by atoms with Crippen LogP contribution in [0.5, 0.6) is 0 Å². The monoisotopic (exact) mass is 361 g/mol. The number of aliphatic carboxylic acids is 1. The third kappa shape index (κ3) is 16.2. The molecule has 6 nitrogen and oxygen atoms in total. The standard InChI is InChI=1S/C13H26O3.C6H13NO2/c1-7-12(3,4)15-9-11(14)10-16-13(5,6)8-2;1-2-3-4-5(7)6(8)9/h7-10H2,1-6H3;5H,2-4,7H2,1H3,(H,8,9)/t;5-/m.0/s1. The van der Waals surface area contributed by atoms with E-state index in [1.54, 1.807) is 0 Å². The first-order valence-electron chi connectivity index (χ1n) is 9.18. The molecule has 150 valence electrons. The molecule has 0 fully saturated rings. The van der Waals surface area contributed by atoms with Crippen molar-refractivity contribution in [1.82, 2.24) is 0 Å². The van der Waals surface area contributed by atoms with Gasteiger partial charge in [0, 0.05) is 0 Å². The van der Waals surface area contributed by atoms with Crippen molar-refractivity contribution in [2.45, 2.75) is 97.8 Å². The van der Waals surface area contributed by atoms with Gasteiger partial charge in [-0.25, -0.2) is 0 Å². The minimum atomic E-state index is -0.900. The summed E-state index contributed by atoms with van der Waals surface area (Å²) in [6.45, 7) is 14.3. The van der Waals surface area contributed by atoms with Gasteiger partial charge in [0.15, 0.2) is 5.78 Å². The van der Waals surface area contributed by atoms with Crippen molar-refractivity contribution in [1.29, 1.82) is 0 Å². The minimum absolute atomic E-state index is 0.00282. The normalized spacial score (nSPS) is 13.0. The Morgan fingerprint density at radius 3 is 1.64 bits per heavy atom. The lowest BCUT2D eigenvalue weighted by molar-refractivity contribution is -0.139. The maximum Gasteiger partial charge on any atom is 0.320 e. The fraction of sp³-hybridized carbons (Fsp3) is 0.895. The zero-order chi connectivity index (χ0) is 20.1. The van der Waals surface area contributed by atoms with Crippen LogP contribution in [0.2, 0.25) is 0 Å². The van der Waals surface area contributed by atoms with E-state index in [9.17, 15) is 9.59 Å². The minimum Gasteiger partial charge on any atom is -0.480 e. The second kappa shape index (κ2) is 13.3. The number of nitrogens with two attached hydrogens (primary N) is 1. The molecule has 0 radical (unpaired) electrons. The molecule has 0 bridgehead atoms. The molecule has 1 atom stereocenters. The number of hydrogen-bond acceptors (Lipinski definition) is 5. The van der Waals surface area contributed by atoms with E-state index in [1.807, 2.05) is 48.5 Å². The highest BCUT2D eigenvalue weighted by Gasteiger charge is 2.20. The van der Waals surface area contributed by atoms with Gasteiger partial charge in [-0.3, -0.25) is 9.59 Å². The van der Waals surface area contributed by atoms with Crippen LogP contribution in [0.25, 0.3) is 0 Å². The van der Waals surface area contributed by atoms with Crippen LogP contribution in [0.4, 0.5) is 0 Å². The van der Waals surface area contributed by atoms with Crippen molar-refractivity contribution in [3.05, 3.63) is 0 Å². The van der Waals surface area contributed by atoms with E-state index in [4.69, 9.17) is 20.3 Å². The Labute approximate surface area is 153 Å². The number of rotatable bonds is 12. The van der Waals surface area contributed by atoms with Crippen LogP contribution < -0.4 is 5.73 Å². The lowest BCUT2D eigenvalue weighted by Crippen LogP contribution is -2.31. The molecule has 0 unspecified atom stereocenters. The van der Waals surface area contributed by atoms with Crippen LogP contribution in [0.3, 0.4) is 0 Å². The van der Waals surface area contributed by atoms with Crippen molar-refractivity contribution in [2.75, 3.05) is 13.2 Å². The summed E-state index contributed by atoms with van der Waals surface area (Å²) in [5.41, 5.74) is 4.75. The average Bonchev–Trinajstić information content (AvgIpc) is 2.56. The zero-order valence-electron chi connectivity index (χ0n) is 17.2. The molecule has 25 heavy (non-hydrogen) atoms. The van der Waals surface area contributed by atoms with Gasteiger partial charge in [0.05, 0.1) is 11.2 Å². The third-order valence-corrected chi connectivity index (χ3v) is 4.14. The van der Waals surface area contributed by atoms with Crippen molar-refractivity contribution < 1.29 is 24.2 Å². The highest BCUT2D eigenvalue weighted by Crippen LogP contribution is 2.15. The lowest BCUT2D eigenvalue weighted by Gasteiger charge is -2.25. The molecule has 0 aromatic rings. The summed E-state index contributed by atoms with van der Waals surface area (Å²) < 4.78 is 11.0. The molecule has 0 saturated carbocycles. The van der Waals surface area contributed by atoms with Crippen molar-refractivity contribution in [3.63, 3.8) is 0 Å². The van der Waals surface area contributed by atoms with Gasteiger partial charge in [0.25, 0.3) is 0 Å². The predicted octanol–water partition coefficient (Wildman–Crippen LogP) is 3.55. The number of carboxylic acid groups (broad SMARTS) is 1. The van der Waals surface area contributed by atoms with Crippen LogP contribution >= 0.6 is 0 Å². The zero-order valence-corrected chi connectivity index (χ0v) is 17.2. The van der Waals surface area contributed by atoms with Crippen LogP contribution in [-0.2, 0) is 19.1 Å². The van der Waals surface area contributed by atoms with Gasteiger partial charge in [-0.15, -0.1) is 0 Å². The van der Waals surface area contributed by atoms with E-state index < -0.39 is 12.0 Å². The molecule has 0 aliphatic heterocycles. The van der Waals surface area contributed by atoms with E-state index in [0.29, 0.717) is 6.42 Å². The van der Waals surface area contributed by atoms with E-state index in [0.717, 1.165) is 25.7 Å². The Bertz CT molecular complexity index is 358. The predicted molar refractivity (Wildman–Crippen MR) is 101 cm³/mol. The lowest BCUT2D eigenvalue weighted by atomic mass is 10.1. The van der Waals surface area contributed by atoms with E-state index in [1.165, 1.54) is 0 Å². The Morgan fingerprint density at radius 2 is 1.36 bits per heavy atom. The van der Waals surface area contributed by atoms with E-state index >= 15 is 0 Å². The molecule has 0 aliphatic carbocycles. The highest BCUT2D eigenvalue weighted by molar-refractivity contribution is 5.80.